The highest BCUT2D eigenvalue weighted by atomic mass is 35.5. The maximum Gasteiger partial charge on any atom is 0.270 e. The van der Waals surface area contributed by atoms with Gasteiger partial charge in [0.25, 0.3) is 5.91 Å². The maximum atomic E-state index is 12.1. The van der Waals surface area contributed by atoms with Crippen molar-refractivity contribution < 1.29 is 4.79 Å². The van der Waals surface area contributed by atoms with Crippen LogP contribution in [0.2, 0.25) is 5.02 Å². The predicted octanol–water partition coefficient (Wildman–Crippen LogP) is 3.19. The number of carbonyl (C=O) groups excluding carboxylic acids is 1. The number of benzene rings is 1. The summed E-state index contributed by atoms with van der Waals surface area (Å²) >= 11 is 7.35. The van der Waals surface area contributed by atoms with Gasteiger partial charge in [-0.3, -0.25) is 4.79 Å². The van der Waals surface area contributed by atoms with Gasteiger partial charge in [0, 0.05) is 22.5 Å². The van der Waals surface area contributed by atoms with Crippen LogP contribution >= 0.6 is 22.9 Å². The molecule has 6 heteroatoms. The molecule has 1 aliphatic heterocycles. The summed E-state index contributed by atoms with van der Waals surface area (Å²) in [7, 11) is 0. The first kappa shape index (κ1) is 15.5. The van der Waals surface area contributed by atoms with Crippen LogP contribution in [0.1, 0.15) is 23.3 Å². The van der Waals surface area contributed by atoms with E-state index in [-0.39, 0.29) is 5.91 Å². The quantitative estimate of drug-likeness (QED) is 0.882. The minimum absolute atomic E-state index is 0.0950. The first-order chi connectivity index (χ1) is 10.7. The molecule has 2 aromatic rings. The van der Waals surface area contributed by atoms with Crippen LogP contribution in [0.4, 0.5) is 0 Å². The molecule has 22 heavy (non-hydrogen) atoms. The lowest BCUT2D eigenvalue weighted by molar-refractivity contribution is 0.0947. The van der Waals surface area contributed by atoms with E-state index in [1.807, 2.05) is 24.3 Å². The van der Waals surface area contributed by atoms with E-state index < -0.39 is 0 Å². The van der Waals surface area contributed by atoms with Crippen molar-refractivity contribution in [1.82, 2.24) is 15.6 Å². The van der Waals surface area contributed by atoms with Crippen LogP contribution in [0.3, 0.4) is 0 Å². The average Bonchev–Trinajstić information content (AvgIpc) is 3.19. The van der Waals surface area contributed by atoms with Gasteiger partial charge in [0.15, 0.2) is 0 Å². The van der Waals surface area contributed by atoms with Crippen LogP contribution < -0.4 is 10.6 Å². The Balaban J connectivity index is 1.55. The Morgan fingerprint density at radius 1 is 1.41 bits per heavy atom. The lowest BCUT2D eigenvalue weighted by Gasteiger charge is -2.08. The zero-order chi connectivity index (χ0) is 15.4. The van der Waals surface area contributed by atoms with Crippen molar-refractivity contribution in [1.29, 1.82) is 0 Å². The molecule has 1 aromatic heterocycles. The minimum atomic E-state index is -0.0950. The van der Waals surface area contributed by atoms with Crippen molar-refractivity contribution in [3.8, 4) is 10.6 Å². The lowest BCUT2D eigenvalue weighted by Crippen LogP contribution is -2.26. The van der Waals surface area contributed by atoms with Crippen LogP contribution in [0.25, 0.3) is 10.6 Å². The lowest BCUT2D eigenvalue weighted by atomic mass is 10.1. The first-order valence-corrected chi connectivity index (χ1v) is 8.68. The summed E-state index contributed by atoms with van der Waals surface area (Å²) in [6.07, 6.45) is 2.22. The Kier molecular flexibility index (Phi) is 5.08. The van der Waals surface area contributed by atoms with Crippen molar-refractivity contribution in [2.24, 2.45) is 5.92 Å². The van der Waals surface area contributed by atoms with Crippen molar-refractivity contribution >= 4 is 28.8 Å². The van der Waals surface area contributed by atoms with Crippen molar-refractivity contribution in [2.75, 3.05) is 19.6 Å². The topological polar surface area (TPSA) is 54.0 Å². The zero-order valence-corrected chi connectivity index (χ0v) is 13.7. The number of nitrogens with one attached hydrogen (secondary N) is 2. The number of hydrogen-bond donors (Lipinski definition) is 2. The van der Waals surface area contributed by atoms with Gasteiger partial charge in [-0.05, 0) is 44.0 Å². The first-order valence-electron chi connectivity index (χ1n) is 7.43. The van der Waals surface area contributed by atoms with Crippen LogP contribution in [-0.4, -0.2) is 30.5 Å². The third kappa shape index (κ3) is 3.85. The summed E-state index contributed by atoms with van der Waals surface area (Å²) in [5.74, 6) is 0.586. The van der Waals surface area contributed by atoms with E-state index in [1.165, 1.54) is 17.8 Å². The number of aromatic nitrogens is 1. The molecule has 1 saturated heterocycles. The molecule has 1 amide bonds. The van der Waals surface area contributed by atoms with Gasteiger partial charge in [-0.25, -0.2) is 4.98 Å². The van der Waals surface area contributed by atoms with Gasteiger partial charge in [0.05, 0.1) is 0 Å². The van der Waals surface area contributed by atoms with Gasteiger partial charge in [-0.2, -0.15) is 0 Å². The van der Waals surface area contributed by atoms with Crippen LogP contribution in [-0.2, 0) is 0 Å². The molecule has 1 aromatic carbocycles. The summed E-state index contributed by atoms with van der Waals surface area (Å²) in [6, 6.07) is 7.48. The molecule has 0 radical (unpaired) electrons. The second-order valence-electron chi connectivity index (χ2n) is 5.45. The molecule has 0 aliphatic carbocycles. The smallest absolute Gasteiger partial charge is 0.270 e. The molecule has 1 fully saturated rings. The largest absolute Gasteiger partial charge is 0.351 e. The van der Waals surface area contributed by atoms with E-state index in [0.29, 0.717) is 23.2 Å². The van der Waals surface area contributed by atoms with Gasteiger partial charge >= 0.3 is 0 Å². The molecule has 116 valence electrons. The summed E-state index contributed by atoms with van der Waals surface area (Å²) in [5, 5.41) is 9.62. The van der Waals surface area contributed by atoms with E-state index in [2.05, 4.69) is 15.6 Å². The molecule has 0 spiro atoms. The fourth-order valence-electron chi connectivity index (χ4n) is 2.54. The SMILES string of the molecule is O=C(NCCC1CCNC1)c1csc(-c2ccc(Cl)cc2)n1. The number of rotatable bonds is 5. The maximum absolute atomic E-state index is 12.1. The number of carbonyl (C=O) groups is 1. The Bertz CT molecular complexity index is 635. The molecule has 2 heterocycles. The molecule has 1 aliphatic rings. The summed E-state index contributed by atoms with van der Waals surface area (Å²) in [4.78, 5) is 16.5. The molecule has 4 nitrogen and oxygen atoms in total. The van der Waals surface area contributed by atoms with Gasteiger partial charge in [0.1, 0.15) is 10.7 Å². The predicted molar refractivity (Wildman–Crippen MR) is 90.5 cm³/mol. The molecular formula is C16H18ClN3OS. The fraction of sp³-hybridized carbons (Fsp3) is 0.375. The molecule has 0 bridgehead atoms. The minimum Gasteiger partial charge on any atom is -0.351 e. The van der Waals surface area contributed by atoms with E-state index in [4.69, 9.17) is 11.6 Å². The standard InChI is InChI=1S/C16H18ClN3OS/c17-13-3-1-12(2-4-13)16-20-14(10-22-16)15(21)19-8-6-11-5-7-18-9-11/h1-4,10-11,18H,5-9H2,(H,19,21). The number of hydrogen-bond acceptors (Lipinski definition) is 4. The van der Waals surface area contributed by atoms with Gasteiger partial charge in [0.2, 0.25) is 0 Å². The molecule has 3 rings (SSSR count). The number of thiazole rings is 1. The summed E-state index contributed by atoms with van der Waals surface area (Å²) in [6.45, 7) is 2.86. The summed E-state index contributed by atoms with van der Waals surface area (Å²) < 4.78 is 0. The van der Waals surface area contributed by atoms with Gasteiger partial charge in [-0.1, -0.05) is 23.7 Å². The Morgan fingerprint density at radius 3 is 2.95 bits per heavy atom. The van der Waals surface area contributed by atoms with E-state index in [9.17, 15) is 4.79 Å². The number of amides is 1. The molecule has 0 saturated carbocycles. The Labute approximate surface area is 138 Å². The monoisotopic (exact) mass is 335 g/mol. The van der Waals surface area contributed by atoms with Crippen LogP contribution in [0.15, 0.2) is 29.6 Å². The summed E-state index contributed by atoms with van der Waals surface area (Å²) in [5.41, 5.74) is 1.46. The Hall–Kier alpha value is -1.43. The molecule has 1 unspecified atom stereocenters. The van der Waals surface area contributed by atoms with Gasteiger partial charge < -0.3 is 10.6 Å². The van der Waals surface area contributed by atoms with Gasteiger partial charge in [-0.15, -0.1) is 11.3 Å². The van der Waals surface area contributed by atoms with Crippen molar-refractivity contribution in [3.63, 3.8) is 0 Å². The average molecular weight is 336 g/mol. The number of halogens is 1. The highest BCUT2D eigenvalue weighted by Crippen LogP contribution is 2.25. The highest BCUT2D eigenvalue weighted by Gasteiger charge is 2.15. The van der Waals surface area contributed by atoms with Crippen LogP contribution in [0, 0.1) is 5.92 Å². The van der Waals surface area contributed by atoms with E-state index in [1.54, 1.807) is 5.38 Å². The normalized spacial score (nSPS) is 17.6. The molecule has 2 N–H and O–H groups in total. The third-order valence-corrected chi connectivity index (χ3v) is 4.97. The number of nitrogens with zero attached hydrogens (tertiary/aromatic N) is 1. The Morgan fingerprint density at radius 2 is 2.23 bits per heavy atom. The third-order valence-electron chi connectivity index (χ3n) is 3.83. The van der Waals surface area contributed by atoms with Crippen molar-refractivity contribution in [2.45, 2.75) is 12.8 Å². The van der Waals surface area contributed by atoms with E-state index >= 15 is 0 Å². The zero-order valence-electron chi connectivity index (χ0n) is 12.1. The second kappa shape index (κ2) is 7.22. The van der Waals surface area contributed by atoms with Crippen LogP contribution in [0.5, 0.6) is 0 Å². The highest BCUT2D eigenvalue weighted by molar-refractivity contribution is 7.13. The fourth-order valence-corrected chi connectivity index (χ4v) is 3.48. The molecule has 1 atom stereocenters. The van der Waals surface area contributed by atoms with Crippen molar-refractivity contribution in [3.05, 3.63) is 40.4 Å². The second-order valence-corrected chi connectivity index (χ2v) is 6.74. The van der Waals surface area contributed by atoms with E-state index in [0.717, 1.165) is 30.1 Å². The molecular weight excluding hydrogens is 318 g/mol.